The molecule has 2 nitrogen and oxygen atoms in total. The molecule has 2 N–H and O–H groups in total. The van der Waals surface area contributed by atoms with Gasteiger partial charge in [0.25, 0.3) is 0 Å². The predicted octanol–water partition coefficient (Wildman–Crippen LogP) is 4.58. The second-order valence-electron chi connectivity index (χ2n) is 4.34. The minimum atomic E-state index is -0.235. The highest BCUT2D eigenvalue weighted by Crippen LogP contribution is 2.34. The van der Waals surface area contributed by atoms with Crippen LogP contribution in [-0.2, 0) is 0 Å². The van der Waals surface area contributed by atoms with Crippen molar-refractivity contribution in [2.45, 2.75) is 13.0 Å². The molecule has 0 saturated heterocycles. The molecule has 0 fully saturated rings. The van der Waals surface area contributed by atoms with Gasteiger partial charge in [-0.05, 0) is 36.2 Å². The van der Waals surface area contributed by atoms with Crippen LogP contribution in [0.25, 0.3) is 0 Å². The van der Waals surface area contributed by atoms with Crippen LogP contribution in [0.4, 0.5) is 0 Å². The number of halogens is 2. The molecule has 0 aliphatic carbocycles. The third-order valence-electron chi connectivity index (χ3n) is 3.08. The Kier molecular flexibility index (Phi) is 4.66. The maximum Gasteiger partial charge on any atom is 0.124 e. The van der Waals surface area contributed by atoms with Gasteiger partial charge in [0.05, 0.1) is 13.2 Å². The fourth-order valence-corrected chi connectivity index (χ4v) is 2.92. The molecule has 19 heavy (non-hydrogen) atoms. The molecule has 0 amide bonds. The molecule has 2 rings (SSSR count). The Bertz CT molecular complexity index is 599. The molecule has 0 aliphatic rings. The summed E-state index contributed by atoms with van der Waals surface area (Å²) in [5, 5.41) is 0. The molecule has 100 valence electrons. The first-order valence-electron chi connectivity index (χ1n) is 5.88. The molecule has 0 radical (unpaired) electrons. The van der Waals surface area contributed by atoms with Gasteiger partial charge in [0, 0.05) is 14.5 Å². The summed E-state index contributed by atoms with van der Waals surface area (Å²) in [5.41, 5.74) is 9.58. The first-order chi connectivity index (χ1) is 9.04. The summed E-state index contributed by atoms with van der Waals surface area (Å²) in [6, 6.07) is 11.7. The van der Waals surface area contributed by atoms with Gasteiger partial charge < -0.3 is 10.5 Å². The molecule has 0 saturated carbocycles. The molecule has 0 spiro atoms. The number of methoxy groups -OCH3 is 1. The molecule has 2 aromatic carbocycles. The highest BCUT2D eigenvalue weighted by Gasteiger charge is 2.17. The summed E-state index contributed by atoms with van der Waals surface area (Å²) < 4.78 is 7.43. The fourth-order valence-electron chi connectivity index (χ4n) is 2.03. The van der Waals surface area contributed by atoms with Crippen molar-refractivity contribution in [3.05, 3.63) is 62.0 Å². The van der Waals surface area contributed by atoms with Crippen LogP contribution in [0, 0.1) is 6.92 Å². The number of benzene rings is 2. The second-order valence-corrected chi connectivity index (χ2v) is 6.05. The fraction of sp³-hybridized carbons (Fsp3) is 0.200. The first-order valence-corrected chi connectivity index (χ1v) is 7.47. The number of rotatable bonds is 3. The highest BCUT2D eigenvalue weighted by atomic mass is 79.9. The van der Waals surface area contributed by atoms with Gasteiger partial charge in [-0.2, -0.15) is 0 Å². The average Bonchev–Trinajstić information content (AvgIpc) is 2.41. The normalized spacial score (nSPS) is 12.3. The number of hydrogen-bond donors (Lipinski definition) is 1. The van der Waals surface area contributed by atoms with Crippen molar-refractivity contribution in [2.24, 2.45) is 5.73 Å². The molecule has 1 unspecified atom stereocenters. The summed E-state index contributed by atoms with van der Waals surface area (Å²) >= 11 is 7.09. The van der Waals surface area contributed by atoms with E-state index in [2.05, 4.69) is 44.8 Å². The molecule has 4 heteroatoms. The summed E-state index contributed by atoms with van der Waals surface area (Å²) in [4.78, 5) is 0. The van der Waals surface area contributed by atoms with Crippen LogP contribution < -0.4 is 10.5 Å². The van der Waals surface area contributed by atoms with Crippen LogP contribution in [0.5, 0.6) is 5.75 Å². The minimum Gasteiger partial charge on any atom is -0.496 e. The van der Waals surface area contributed by atoms with E-state index in [0.717, 1.165) is 25.8 Å². The van der Waals surface area contributed by atoms with Crippen molar-refractivity contribution < 1.29 is 4.74 Å². The van der Waals surface area contributed by atoms with Gasteiger partial charge in [-0.1, -0.05) is 50.1 Å². The Hall–Kier alpha value is -0.840. The van der Waals surface area contributed by atoms with E-state index < -0.39 is 0 Å². The zero-order chi connectivity index (χ0) is 14.0. The van der Waals surface area contributed by atoms with Crippen LogP contribution >= 0.6 is 31.9 Å². The maximum atomic E-state index is 6.40. The smallest absolute Gasteiger partial charge is 0.124 e. The number of ether oxygens (including phenoxy) is 1. The lowest BCUT2D eigenvalue weighted by Gasteiger charge is -2.18. The van der Waals surface area contributed by atoms with Crippen molar-refractivity contribution in [3.8, 4) is 5.75 Å². The van der Waals surface area contributed by atoms with Crippen LogP contribution in [-0.4, -0.2) is 7.11 Å². The van der Waals surface area contributed by atoms with Crippen molar-refractivity contribution >= 4 is 31.9 Å². The number of nitrogens with two attached hydrogens (primary N) is 1. The largest absolute Gasteiger partial charge is 0.496 e. The summed E-state index contributed by atoms with van der Waals surface area (Å²) in [6.45, 7) is 2.05. The third-order valence-corrected chi connectivity index (χ3v) is 4.66. The van der Waals surface area contributed by atoms with Crippen molar-refractivity contribution in [3.63, 3.8) is 0 Å². The van der Waals surface area contributed by atoms with Crippen molar-refractivity contribution in [2.75, 3.05) is 7.11 Å². The van der Waals surface area contributed by atoms with Crippen molar-refractivity contribution in [1.29, 1.82) is 0 Å². The summed E-state index contributed by atoms with van der Waals surface area (Å²) in [7, 11) is 1.66. The Labute approximate surface area is 130 Å². The molecule has 0 aliphatic heterocycles. The molecular weight excluding hydrogens is 370 g/mol. The van der Waals surface area contributed by atoms with Crippen LogP contribution in [0.1, 0.15) is 22.7 Å². The van der Waals surface area contributed by atoms with E-state index in [-0.39, 0.29) is 6.04 Å². The summed E-state index contributed by atoms with van der Waals surface area (Å²) in [6.07, 6.45) is 0. The van der Waals surface area contributed by atoms with E-state index >= 15 is 0 Å². The first kappa shape index (κ1) is 14.6. The zero-order valence-electron chi connectivity index (χ0n) is 10.8. The van der Waals surface area contributed by atoms with Gasteiger partial charge in [-0.3, -0.25) is 0 Å². The van der Waals surface area contributed by atoms with Gasteiger partial charge in [0.15, 0.2) is 0 Å². The lowest BCUT2D eigenvalue weighted by atomic mass is 9.97. The second kappa shape index (κ2) is 6.07. The molecular formula is C15H15Br2NO. The quantitative estimate of drug-likeness (QED) is 0.840. The molecule has 0 heterocycles. The van der Waals surface area contributed by atoms with E-state index in [4.69, 9.17) is 10.5 Å². The zero-order valence-corrected chi connectivity index (χ0v) is 14.0. The van der Waals surface area contributed by atoms with Gasteiger partial charge in [0.1, 0.15) is 5.75 Å². The average molecular weight is 385 g/mol. The van der Waals surface area contributed by atoms with Gasteiger partial charge in [0.2, 0.25) is 0 Å². The monoisotopic (exact) mass is 383 g/mol. The Morgan fingerprint density at radius 2 is 1.84 bits per heavy atom. The van der Waals surface area contributed by atoms with Gasteiger partial charge in [-0.25, -0.2) is 0 Å². The standard InChI is InChI=1S/C15H15Br2NO/c1-9-4-3-5-11(14(9)17)15(18)12-8-10(16)6-7-13(12)19-2/h3-8,15H,18H2,1-2H3. The number of hydrogen-bond acceptors (Lipinski definition) is 2. The Balaban J connectivity index is 2.52. The lowest BCUT2D eigenvalue weighted by molar-refractivity contribution is 0.407. The lowest BCUT2D eigenvalue weighted by Crippen LogP contribution is -2.14. The SMILES string of the molecule is COc1ccc(Br)cc1C(N)c1cccc(C)c1Br. The minimum absolute atomic E-state index is 0.235. The van der Waals surface area contributed by atoms with Crippen molar-refractivity contribution in [1.82, 2.24) is 0 Å². The summed E-state index contributed by atoms with van der Waals surface area (Å²) in [5.74, 6) is 0.795. The molecule has 2 aromatic rings. The molecule has 0 aromatic heterocycles. The third kappa shape index (κ3) is 3.02. The maximum absolute atomic E-state index is 6.40. The highest BCUT2D eigenvalue weighted by molar-refractivity contribution is 9.10. The van der Waals surface area contributed by atoms with Crippen LogP contribution in [0.2, 0.25) is 0 Å². The van der Waals surface area contributed by atoms with E-state index in [0.29, 0.717) is 0 Å². The topological polar surface area (TPSA) is 35.2 Å². The van der Waals surface area contributed by atoms with E-state index in [9.17, 15) is 0 Å². The predicted molar refractivity (Wildman–Crippen MR) is 85.6 cm³/mol. The van der Waals surface area contributed by atoms with Gasteiger partial charge >= 0.3 is 0 Å². The van der Waals surface area contributed by atoms with E-state index in [1.165, 1.54) is 5.56 Å². The van der Waals surface area contributed by atoms with E-state index in [1.807, 2.05) is 30.3 Å². The Morgan fingerprint density at radius 1 is 1.11 bits per heavy atom. The molecule has 1 atom stereocenters. The number of aryl methyl sites for hydroxylation is 1. The molecule has 0 bridgehead atoms. The van der Waals surface area contributed by atoms with Crippen LogP contribution in [0.15, 0.2) is 45.3 Å². The van der Waals surface area contributed by atoms with E-state index in [1.54, 1.807) is 7.11 Å². The van der Waals surface area contributed by atoms with Crippen LogP contribution in [0.3, 0.4) is 0 Å². The Morgan fingerprint density at radius 3 is 2.53 bits per heavy atom. The van der Waals surface area contributed by atoms with Gasteiger partial charge in [-0.15, -0.1) is 0 Å².